The van der Waals surface area contributed by atoms with Crippen LogP contribution in [0.25, 0.3) is 5.57 Å². The van der Waals surface area contributed by atoms with Gasteiger partial charge in [0.1, 0.15) is 0 Å². The van der Waals surface area contributed by atoms with Crippen LogP contribution in [0.3, 0.4) is 0 Å². The van der Waals surface area contributed by atoms with Crippen molar-refractivity contribution in [2.75, 3.05) is 0 Å². The van der Waals surface area contributed by atoms with E-state index in [4.69, 9.17) is 0 Å². The molecule has 0 aromatic carbocycles. The molecule has 0 aliphatic heterocycles. The van der Waals surface area contributed by atoms with Crippen molar-refractivity contribution in [3.8, 4) is 0 Å². The lowest BCUT2D eigenvalue weighted by atomic mass is 10.1. The molecule has 0 radical (unpaired) electrons. The zero-order valence-electron chi connectivity index (χ0n) is 7.33. The molecule has 0 fully saturated rings. The fourth-order valence-electron chi connectivity index (χ4n) is 1.08. The number of allylic oxidation sites excluding steroid dienone is 3. The predicted octanol–water partition coefficient (Wildman–Crippen LogP) is 3.06. The molecule has 1 rings (SSSR count). The first-order valence-electron chi connectivity index (χ1n) is 4.11. The maximum atomic E-state index is 4.25. The van der Waals surface area contributed by atoms with Gasteiger partial charge in [0, 0.05) is 6.20 Å². The Labute approximate surface area is 73.5 Å². The highest BCUT2D eigenvalue weighted by Gasteiger charge is 1.96. The van der Waals surface area contributed by atoms with Crippen LogP contribution in [0.1, 0.15) is 19.0 Å². The highest BCUT2D eigenvalue weighted by atomic mass is 14.7. The molecule has 62 valence electrons. The molecule has 0 aliphatic rings. The molecule has 12 heavy (non-hydrogen) atoms. The van der Waals surface area contributed by atoms with Crippen molar-refractivity contribution in [1.82, 2.24) is 4.98 Å². The normalized spacial score (nSPS) is 11.2. The summed E-state index contributed by atoms with van der Waals surface area (Å²) in [6.45, 7) is 5.78. The lowest BCUT2D eigenvalue weighted by Gasteiger charge is -2.00. The summed E-state index contributed by atoms with van der Waals surface area (Å²) in [5.74, 6) is 0. The van der Waals surface area contributed by atoms with Crippen LogP contribution in [0.15, 0.2) is 43.1 Å². The minimum Gasteiger partial charge on any atom is -0.257 e. The first kappa shape index (κ1) is 8.72. The van der Waals surface area contributed by atoms with Gasteiger partial charge in [0.2, 0.25) is 0 Å². The van der Waals surface area contributed by atoms with Crippen molar-refractivity contribution in [3.63, 3.8) is 0 Å². The van der Waals surface area contributed by atoms with Crippen LogP contribution in [0, 0.1) is 0 Å². The minimum atomic E-state index is 0.989. The number of hydrogen-bond donors (Lipinski definition) is 0. The lowest BCUT2D eigenvalue weighted by molar-refractivity contribution is 1.18. The molecule has 1 heterocycles. The van der Waals surface area contributed by atoms with Gasteiger partial charge in [-0.05, 0) is 24.1 Å². The second kappa shape index (κ2) is 4.50. The van der Waals surface area contributed by atoms with E-state index in [0.29, 0.717) is 0 Å². The Bertz CT molecular complexity index is 272. The molecule has 1 nitrogen and oxygen atoms in total. The highest BCUT2D eigenvalue weighted by Crippen LogP contribution is 2.14. The van der Waals surface area contributed by atoms with Gasteiger partial charge in [0.25, 0.3) is 0 Å². The fraction of sp³-hybridized carbons (Fsp3) is 0.182. The zero-order chi connectivity index (χ0) is 8.81. The minimum absolute atomic E-state index is 0.989. The van der Waals surface area contributed by atoms with Gasteiger partial charge in [-0.15, -0.1) is 0 Å². The molecule has 0 spiro atoms. The molecule has 1 aromatic heterocycles. The molecule has 0 saturated heterocycles. The van der Waals surface area contributed by atoms with Crippen molar-refractivity contribution in [1.29, 1.82) is 0 Å². The van der Waals surface area contributed by atoms with E-state index in [1.165, 1.54) is 5.57 Å². The molecule has 0 saturated carbocycles. The standard InChI is InChI=1S/C11H13N/c1-3-7-10(4-2)11-8-5-6-9-12-11/h3,5-9H,1,4H2,2H3/b10-7+. The highest BCUT2D eigenvalue weighted by molar-refractivity contribution is 5.63. The number of rotatable bonds is 3. The summed E-state index contributed by atoms with van der Waals surface area (Å²) in [4.78, 5) is 4.25. The van der Waals surface area contributed by atoms with Gasteiger partial charge in [-0.3, -0.25) is 4.98 Å². The van der Waals surface area contributed by atoms with Crippen molar-refractivity contribution >= 4 is 5.57 Å². The summed E-state index contributed by atoms with van der Waals surface area (Å²) >= 11 is 0. The predicted molar refractivity (Wildman–Crippen MR) is 52.7 cm³/mol. The maximum Gasteiger partial charge on any atom is 0.0661 e. The smallest absolute Gasteiger partial charge is 0.0661 e. The molecular formula is C11H13N. The third-order valence-electron chi connectivity index (χ3n) is 1.69. The van der Waals surface area contributed by atoms with E-state index >= 15 is 0 Å². The largest absolute Gasteiger partial charge is 0.257 e. The molecule has 0 unspecified atom stereocenters. The Kier molecular flexibility index (Phi) is 3.27. The summed E-state index contributed by atoms with van der Waals surface area (Å²) in [7, 11) is 0. The third kappa shape index (κ3) is 2.06. The number of pyridine rings is 1. The van der Waals surface area contributed by atoms with Gasteiger partial charge in [-0.1, -0.05) is 31.7 Å². The Morgan fingerprint density at radius 1 is 1.58 bits per heavy atom. The molecule has 0 aliphatic carbocycles. The van der Waals surface area contributed by atoms with Crippen molar-refractivity contribution in [2.45, 2.75) is 13.3 Å². The van der Waals surface area contributed by atoms with E-state index in [2.05, 4.69) is 18.5 Å². The second-order valence-electron chi connectivity index (χ2n) is 2.50. The van der Waals surface area contributed by atoms with E-state index in [0.717, 1.165) is 12.1 Å². The van der Waals surface area contributed by atoms with Crippen LogP contribution in [0.5, 0.6) is 0 Å². The average Bonchev–Trinajstić information content (AvgIpc) is 2.15. The van der Waals surface area contributed by atoms with E-state index in [9.17, 15) is 0 Å². The number of aromatic nitrogens is 1. The van der Waals surface area contributed by atoms with Crippen molar-refractivity contribution in [3.05, 3.63) is 48.8 Å². The third-order valence-corrected chi connectivity index (χ3v) is 1.69. The fourth-order valence-corrected chi connectivity index (χ4v) is 1.08. The van der Waals surface area contributed by atoms with E-state index in [-0.39, 0.29) is 0 Å². The molecular weight excluding hydrogens is 146 g/mol. The quantitative estimate of drug-likeness (QED) is 0.618. The van der Waals surface area contributed by atoms with Gasteiger partial charge in [0.05, 0.1) is 5.69 Å². The zero-order valence-corrected chi connectivity index (χ0v) is 7.33. The first-order valence-corrected chi connectivity index (χ1v) is 4.11. The topological polar surface area (TPSA) is 12.9 Å². The van der Waals surface area contributed by atoms with Crippen LogP contribution < -0.4 is 0 Å². The van der Waals surface area contributed by atoms with Gasteiger partial charge in [0.15, 0.2) is 0 Å². The molecule has 0 atom stereocenters. The van der Waals surface area contributed by atoms with Crippen LogP contribution in [-0.2, 0) is 0 Å². The Morgan fingerprint density at radius 2 is 2.42 bits per heavy atom. The average molecular weight is 159 g/mol. The summed E-state index contributed by atoms with van der Waals surface area (Å²) in [5.41, 5.74) is 2.27. The SMILES string of the molecule is C=C/C=C(\CC)c1ccccn1. The van der Waals surface area contributed by atoms with Crippen molar-refractivity contribution in [2.24, 2.45) is 0 Å². The van der Waals surface area contributed by atoms with E-state index in [1.54, 1.807) is 6.08 Å². The number of nitrogens with zero attached hydrogens (tertiary/aromatic N) is 1. The summed E-state index contributed by atoms with van der Waals surface area (Å²) in [6, 6.07) is 5.93. The monoisotopic (exact) mass is 159 g/mol. The molecule has 1 aromatic rings. The van der Waals surface area contributed by atoms with Crippen LogP contribution >= 0.6 is 0 Å². The summed E-state index contributed by atoms with van der Waals surface area (Å²) in [5, 5.41) is 0. The number of hydrogen-bond acceptors (Lipinski definition) is 1. The summed E-state index contributed by atoms with van der Waals surface area (Å²) < 4.78 is 0. The molecule has 0 N–H and O–H groups in total. The van der Waals surface area contributed by atoms with E-state index < -0.39 is 0 Å². The van der Waals surface area contributed by atoms with Gasteiger partial charge in [-0.2, -0.15) is 0 Å². The lowest BCUT2D eigenvalue weighted by Crippen LogP contribution is -1.85. The molecule has 1 heteroatoms. The van der Waals surface area contributed by atoms with Crippen LogP contribution in [0.4, 0.5) is 0 Å². The van der Waals surface area contributed by atoms with Gasteiger partial charge < -0.3 is 0 Å². The maximum absolute atomic E-state index is 4.25. The van der Waals surface area contributed by atoms with Crippen LogP contribution in [-0.4, -0.2) is 4.98 Å². The molecule has 0 amide bonds. The Hall–Kier alpha value is -1.37. The van der Waals surface area contributed by atoms with Gasteiger partial charge in [-0.25, -0.2) is 0 Å². The second-order valence-corrected chi connectivity index (χ2v) is 2.50. The first-order chi connectivity index (χ1) is 5.88. The van der Waals surface area contributed by atoms with Crippen LogP contribution in [0.2, 0.25) is 0 Å². The molecule has 0 bridgehead atoms. The van der Waals surface area contributed by atoms with Crippen molar-refractivity contribution < 1.29 is 0 Å². The summed E-state index contributed by atoms with van der Waals surface area (Å²) in [6.07, 6.45) is 6.60. The Balaban J connectivity index is 2.95. The van der Waals surface area contributed by atoms with E-state index in [1.807, 2.05) is 30.5 Å². The van der Waals surface area contributed by atoms with Gasteiger partial charge >= 0.3 is 0 Å². The Morgan fingerprint density at radius 3 is 2.92 bits per heavy atom.